The maximum absolute atomic E-state index is 10.9. The molecule has 1 aliphatic carbocycles. The highest BCUT2D eigenvalue weighted by Gasteiger charge is 2.07. The summed E-state index contributed by atoms with van der Waals surface area (Å²) in [5, 5.41) is 0. The topological polar surface area (TPSA) is 26.3 Å². The van der Waals surface area contributed by atoms with E-state index in [0.29, 0.717) is 24.5 Å². The maximum Gasteiger partial charge on any atom is 0.333 e. The Hall–Kier alpha value is -1.05. The summed E-state index contributed by atoms with van der Waals surface area (Å²) in [6, 6.07) is 0.567. The van der Waals surface area contributed by atoms with Crippen LogP contribution in [0, 0.1) is 0 Å². The van der Waals surface area contributed by atoms with E-state index in [-0.39, 0.29) is 5.97 Å². The van der Waals surface area contributed by atoms with Crippen LogP contribution in [0.1, 0.15) is 14.2 Å². The Morgan fingerprint density at radius 1 is 1.90 bits per heavy atom. The molecule has 0 spiro atoms. The third-order valence-electron chi connectivity index (χ3n) is 1.38. The van der Waals surface area contributed by atoms with Gasteiger partial charge in [0.05, 0.1) is 8.48 Å². The van der Waals surface area contributed by atoms with Crippen LogP contribution < -0.4 is 0 Å². The zero-order valence-corrected chi connectivity index (χ0v) is 5.89. The molecular formula is C8H10O2. The molecule has 2 heteroatoms. The molecule has 0 heterocycles. The molecular weight excluding hydrogens is 128 g/mol. The second-order valence-electron chi connectivity index (χ2n) is 2.04. The zero-order chi connectivity index (χ0) is 8.27. The second-order valence-corrected chi connectivity index (χ2v) is 2.04. The van der Waals surface area contributed by atoms with Gasteiger partial charge in [-0.25, -0.2) is 4.79 Å². The van der Waals surface area contributed by atoms with Crippen molar-refractivity contribution in [2.24, 2.45) is 0 Å². The van der Waals surface area contributed by atoms with Gasteiger partial charge in [-0.05, 0) is 12.8 Å². The second kappa shape index (κ2) is 3.20. The molecule has 0 N–H and O–H groups in total. The lowest BCUT2D eigenvalue weighted by Gasteiger charge is -2.04. The Kier molecular flexibility index (Phi) is 1.83. The molecule has 0 atom stereocenters. The predicted molar refractivity (Wildman–Crippen MR) is 38.5 cm³/mol. The van der Waals surface area contributed by atoms with E-state index in [1.807, 2.05) is 0 Å². The lowest BCUT2D eigenvalue weighted by Crippen LogP contribution is -2.05. The van der Waals surface area contributed by atoms with Crippen LogP contribution in [0.4, 0.5) is 0 Å². The van der Waals surface area contributed by atoms with Crippen molar-refractivity contribution in [2.75, 3.05) is 7.11 Å². The molecule has 0 saturated heterocycles. The number of esters is 1. The third kappa shape index (κ3) is 1.47. The largest absolute Gasteiger partial charge is 0.466 e. The Morgan fingerprint density at radius 3 is 3.20 bits per heavy atom. The van der Waals surface area contributed by atoms with Crippen molar-refractivity contribution in [3.8, 4) is 0 Å². The number of methoxy groups -OCH3 is 1. The highest BCUT2D eigenvalue weighted by molar-refractivity contribution is 5.88. The number of carbonyl (C=O) groups is 1. The van der Waals surface area contributed by atoms with E-state index in [2.05, 4.69) is 4.74 Å². The molecule has 0 bridgehead atoms. The summed E-state index contributed by atoms with van der Waals surface area (Å²) in [5.41, 5.74) is 0.656. The predicted octanol–water partition coefficient (Wildman–Crippen LogP) is 1.44. The highest BCUT2D eigenvalue weighted by Crippen LogP contribution is 2.11. The van der Waals surface area contributed by atoms with Gasteiger partial charge in [0.1, 0.15) is 0 Å². The number of ether oxygens (including phenoxy) is 1. The van der Waals surface area contributed by atoms with Crippen molar-refractivity contribution in [3.05, 3.63) is 23.8 Å². The van der Waals surface area contributed by atoms with E-state index in [1.54, 1.807) is 12.2 Å². The summed E-state index contributed by atoms with van der Waals surface area (Å²) in [7, 11) is 1.36. The lowest BCUT2D eigenvalue weighted by atomic mass is 10.1. The van der Waals surface area contributed by atoms with Crippen LogP contribution in [0.2, 0.25) is 0 Å². The van der Waals surface area contributed by atoms with E-state index in [1.165, 1.54) is 7.11 Å². The molecule has 2 nitrogen and oxygen atoms in total. The summed E-state index contributed by atoms with van der Waals surface area (Å²) in [6.45, 7) is 0. The normalized spacial score (nSPS) is 18.7. The van der Waals surface area contributed by atoms with Gasteiger partial charge in [0.25, 0.3) is 0 Å². The fourth-order valence-electron chi connectivity index (χ4n) is 0.829. The Balaban J connectivity index is 2.58. The van der Waals surface area contributed by atoms with Crippen LogP contribution in [0.25, 0.3) is 0 Å². The van der Waals surface area contributed by atoms with Gasteiger partial charge in [-0.3, -0.25) is 0 Å². The minimum atomic E-state index is -0.284. The monoisotopic (exact) mass is 139 g/mol. The summed E-state index contributed by atoms with van der Waals surface area (Å²) in [5.74, 6) is -0.284. The molecule has 0 aromatic heterocycles. The Bertz CT molecular complexity index is 228. The van der Waals surface area contributed by atoms with Gasteiger partial charge in [0, 0.05) is 5.57 Å². The van der Waals surface area contributed by atoms with Crippen LogP contribution in [0.15, 0.2) is 23.8 Å². The number of carbonyl (C=O) groups excluding carboxylic acids is 1. The van der Waals surface area contributed by atoms with Gasteiger partial charge in [0.15, 0.2) is 0 Å². The first-order valence-electron chi connectivity index (χ1n) is 3.67. The SMILES string of the molecule is [2H]C1=CCC(C(=O)OC)=CC1. The Labute approximate surface area is 61.6 Å². The van der Waals surface area contributed by atoms with E-state index < -0.39 is 0 Å². The Morgan fingerprint density at radius 2 is 2.70 bits per heavy atom. The van der Waals surface area contributed by atoms with Crippen LogP contribution >= 0.6 is 0 Å². The van der Waals surface area contributed by atoms with Crippen molar-refractivity contribution in [3.63, 3.8) is 0 Å². The van der Waals surface area contributed by atoms with E-state index >= 15 is 0 Å². The minimum absolute atomic E-state index is 0.284. The molecule has 0 fully saturated rings. The number of hydrogen-bond donors (Lipinski definition) is 0. The summed E-state index contributed by atoms with van der Waals surface area (Å²) >= 11 is 0. The molecule has 0 aliphatic heterocycles. The third-order valence-corrected chi connectivity index (χ3v) is 1.38. The van der Waals surface area contributed by atoms with Crippen molar-refractivity contribution in [1.82, 2.24) is 0 Å². The summed E-state index contributed by atoms with van der Waals surface area (Å²) < 4.78 is 11.8. The molecule has 54 valence electrons. The van der Waals surface area contributed by atoms with Gasteiger partial charge in [-0.2, -0.15) is 0 Å². The summed E-state index contributed by atoms with van der Waals surface area (Å²) in [4.78, 5) is 10.9. The van der Waals surface area contributed by atoms with Crippen LogP contribution in [0.3, 0.4) is 0 Å². The van der Waals surface area contributed by atoms with Crippen LogP contribution in [-0.4, -0.2) is 13.1 Å². The van der Waals surface area contributed by atoms with Crippen molar-refractivity contribution < 1.29 is 10.9 Å². The van der Waals surface area contributed by atoms with E-state index in [4.69, 9.17) is 1.37 Å². The van der Waals surface area contributed by atoms with Crippen molar-refractivity contribution >= 4 is 5.97 Å². The van der Waals surface area contributed by atoms with Gasteiger partial charge < -0.3 is 4.74 Å². The molecule has 1 aliphatic rings. The fraction of sp³-hybridized carbons (Fsp3) is 0.375. The minimum Gasteiger partial charge on any atom is -0.466 e. The average Bonchev–Trinajstić information content (AvgIpc) is 2.05. The molecule has 0 amide bonds. The fourth-order valence-corrected chi connectivity index (χ4v) is 0.829. The van der Waals surface area contributed by atoms with E-state index in [0.717, 1.165) is 0 Å². The molecule has 1 rings (SSSR count). The zero-order valence-electron chi connectivity index (χ0n) is 6.89. The smallest absolute Gasteiger partial charge is 0.333 e. The molecule has 0 aromatic rings. The number of rotatable bonds is 1. The lowest BCUT2D eigenvalue weighted by molar-refractivity contribution is -0.136. The average molecular weight is 139 g/mol. The quantitative estimate of drug-likeness (QED) is 0.406. The van der Waals surface area contributed by atoms with Gasteiger partial charge >= 0.3 is 5.97 Å². The maximum atomic E-state index is 10.9. The van der Waals surface area contributed by atoms with Gasteiger partial charge in [0.2, 0.25) is 0 Å². The first-order valence-corrected chi connectivity index (χ1v) is 3.17. The standard InChI is InChI=1S/C8H10O2/c1-10-8(9)7-5-3-2-4-6-7/h2-3,6H,4-5H2,1H3/i2D. The molecule has 0 saturated carbocycles. The highest BCUT2D eigenvalue weighted by atomic mass is 16.5. The molecule has 0 radical (unpaired) electrons. The van der Waals surface area contributed by atoms with Crippen LogP contribution in [-0.2, 0) is 9.53 Å². The molecule has 0 unspecified atom stereocenters. The first-order chi connectivity index (χ1) is 5.24. The van der Waals surface area contributed by atoms with E-state index in [9.17, 15) is 4.79 Å². The van der Waals surface area contributed by atoms with Gasteiger partial charge in [-0.1, -0.05) is 18.2 Å². The van der Waals surface area contributed by atoms with Gasteiger partial charge in [-0.15, -0.1) is 0 Å². The summed E-state index contributed by atoms with van der Waals surface area (Å²) in [6.07, 6.45) is 4.55. The number of hydrogen-bond acceptors (Lipinski definition) is 2. The van der Waals surface area contributed by atoms with Crippen molar-refractivity contribution in [2.45, 2.75) is 12.8 Å². The first kappa shape index (κ1) is 5.71. The molecule has 0 aromatic carbocycles. The molecule has 10 heavy (non-hydrogen) atoms. The van der Waals surface area contributed by atoms with Crippen LogP contribution in [0.5, 0.6) is 0 Å². The van der Waals surface area contributed by atoms with Crippen molar-refractivity contribution in [1.29, 1.82) is 0 Å². The number of allylic oxidation sites excluding steroid dienone is 3.